The first-order valence-corrected chi connectivity index (χ1v) is 9.87. The largest absolute Gasteiger partial charge is 0.486 e. The molecule has 3 aromatic rings. The number of fused-ring (bicyclic) bond motifs is 2. The van der Waals surface area contributed by atoms with E-state index in [9.17, 15) is 9.18 Å². The molecule has 1 saturated heterocycles. The average Bonchev–Trinajstić information content (AvgIpc) is 3.32. The zero-order chi connectivity index (χ0) is 20.8. The van der Waals surface area contributed by atoms with Gasteiger partial charge in [-0.1, -0.05) is 6.07 Å². The second-order valence-corrected chi connectivity index (χ2v) is 7.91. The second-order valence-electron chi connectivity index (χ2n) is 7.91. The minimum absolute atomic E-state index is 0.0628. The van der Waals surface area contributed by atoms with Crippen LogP contribution in [0.3, 0.4) is 0 Å². The van der Waals surface area contributed by atoms with E-state index in [1.807, 2.05) is 38.5 Å². The van der Waals surface area contributed by atoms with Crippen LogP contribution in [0.25, 0.3) is 11.1 Å². The minimum Gasteiger partial charge on any atom is -0.486 e. The first kappa shape index (κ1) is 18.7. The van der Waals surface area contributed by atoms with Gasteiger partial charge in [-0.15, -0.1) is 0 Å². The summed E-state index contributed by atoms with van der Waals surface area (Å²) in [5, 5.41) is 4.22. The van der Waals surface area contributed by atoms with Gasteiger partial charge in [-0.05, 0) is 23.8 Å². The van der Waals surface area contributed by atoms with E-state index < -0.39 is 0 Å². The Kier molecular flexibility index (Phi) is 4.51. The molecular formula is C22H22FN5O2. The van der Waals surface area contributed by atoms with Crippen LogP contribution in [0.4, 0.5) is 4.39 Å². The molecule has 2 aliphatic heterocycles. The molecule has 1 fully saturated rings. The minimum atomic E-state index is -0.318. The Balaban J connectivity index is 1.42. The Morgan fingerprint density at radius 1 is 1.17 bits per heavy atom. The van der Waals surface area contributed by atoms with Crippen LogP contribution >= 0.6 is 0 Å². The Hall–Kier alpha value is -3.26. The topological polar surface area (TPSA) is 63.5 Å². The van der Waals surface area contributed by atoms with Gasteiger partial charge in [0.2, 0.25) is 0 Å². The maximum absolute atomic E-state index is 14.0. The molecule has 2 aromatic heterocycles. The summed E-state index contributed by atoms with van der Waals surface area (Å²) in [4.78, 5) is 20.8. The number of ether oxygens (including phenoxy) is 1. The van der Waals surface area contributed by atoms with Gasteiger partial charge in [-0.25, -0.2) is 4.39 Å². The molecule has 0 radical (unpaired) electrons. The summed E-state index contributed by atoms with van der Waals surface area (Å²) in [5.41, 5.74) is 3.07. The molecule has 4 heterocycles. The summed E-state index contributed by atoms with van der Waals surface area (Å²) < 4.78 is 22.1. The van der Waals surface area contributed by atoms with Gasteiger partial charge in [0, 0.05) is 57.3 Å². The van der Waals surface area contributed by atoms with Crippen molar-refractivity contribution < 1.29 is 13.9 Å². The molecule has 5 rings (SSSR count). The van der Waals surface area contributed by atoms with E-state index in [-0.39, 0.29) is 23.9 Å². The average molecular weight is 407 g/mol. The molecule has 0 bridgehead atoms. The lowest BCUT2D eigenvalue weighted by molar-refractivity contribution is 0.0682. The van der Waals surface area contributed by atoms with Crippen molar-refractivity contribution in [1.82, 2.24) is 24.6 Å². The van der Waals surface area contributed by atoms with Gasteiger partial charge < -0.3 is 9.64 Å². The molecule has 30 heavy (non-hydrogen) atoms. The predicted octanol–water partition coefficient (Wildman–Crippen LogP) is 2.34. The van der Waals surface area contributed by atoms with Crippen LogP contribution in [0, 0.1) is 5.82 Å². The highest BCUT2D eigenvalue weighted by Crippen LogP contribution is 2.34. The van der Waals surface area contributed by atoms with Gasteiger partial charge in [-0.3, -0.25) is 19.4 Å². The number of halogens is 1. The van der Waals surface area contributed by atoms with E-state index in [1.165, 1.54) is 6.20 Å². The number of aryl methyl sites for hydroxylation is 1. The van der Waals surface area contributed by atoms with Crippen molar-refractivity contribution in [2.75, 3.05) is 20.1 Å². The molecule has 8 heteroatoms. The predicted molar refractivity (Wildman–Crippen MR) is 108 cm³/mol. The maximum atomic E-state index is 14.0. The van der Waals surface area contributed by atoms with E-state index in [4.69, 9.17) is 4.74 Å². The normalized spacial score (nSPS) is 21.2. The highest BCUT2D eigenvalue weighted by molar-refractivity contribution is 5.98. The van der Waals surface area contributed by atoms with Crippen LogP contribution in [0.5, 0.6) is 5.75 Å². The van der Waals surface area contributed by atoms with Gasteiger partial charge in [-0.2, -0.15) is 5.10 Å². The number of pyridine rings is 1. The monoisotopic (exact) mass is 407 g/mol. The molecule has 2 aliphatic rings. The number of rotatable bonds is 3. The fourth-order valence-electron chi connectivity index (χ4n) is 4.27. The molecule has 1 amide bonds. The van der Waals surface area contributed by atoms with Crippen molar-refractivity contribution in [3.8, 4) is 16.9 Å². The maximum Gasteiger partial charge on any atom is 0.257 e. The van der Waals surface area contributed by atoms with E-state index in [0.29, 0.717) is 36.5 Å². The van der Waals surface area contributed by atoms with Crippen molar-refractivity contribution in [3.05, 3.63) is 66.0 Å². The van der Waals surface area contributed by atoms with Gasteiger partial charge >= 0.3 is 0 Å². The third kappa shape index (κ3) is 3.23. The van der Waals surface area contributed by atoms with E-state index in [2.05, 4.69) is 15.0 Å². The summed E-state index contributed by atoms with van der Waals surface area (Å²) in [6, 6.07) is 7.24. The van der Waals surface area contributed by atoms with Gasteiger partial charge in [0.1, 0.15) is 17.7 Å². The van der Waals surface area contributed by atoms with Crippen LogP contribution in [-0.4, -0.2) is 62.8 Å². The lowest BCUT2D eigenvalue weighted by Gasteiger charge is -2.25. The summed E-state index contributed by atoms with van der Waals surface area (Å²) in [5.74, 6) is 0.200. The number of hydrogen-bond acceptors (Lipinski definition) is 5. The standard InChI is InChI=1S/C22H22FN5O2/c1-26-10-16(8-25-26)14-3-4-17-20(7-14)30-21-13-28(12-19(21)27(2)22(17)29)11-15-5-6-24-9-18(15)23/h3-10,19,21H,11-13H2,1-2H3. The van der Waals surface area contributed by atoms with E-state index >= 15 is 0 Å². The van der Waals surface area contributed by atoms with Gasteiger partial charge in [0.25, 0.3) is 5.91 Å². The van der Waals surface area contributed by atoms with Crippen molar-refractivity contribution in [2.24, 2.45) is 7.05 Å². The molecule has 0 N–H and O–H groups in total. The Morgan fingerprint density at radius 3 is 2.80 bits per heavy atom. The highest BCUT2D eigenvalue weighted by Gasteiger charge is 2.42. The van der Waals surface area contributed by atoms with Crippen molar-refractivity contribution in [1.29, 1.82) is 0 Å². The Morgan fingerprint density at radius 2 is 2.03 bits per heavy atom. The molecule has 0 aliphatic carbocycles. The first-order valence-electron chi connectivity index (χ1n) is 9.87. The third-order valence-corrected chi connectivity index (χ3v) is 5.91. The summed E-state index contributed by atoms with van der Waals surface area (Å²) >= 11 is 0. The number of aromatic nitrogens is 3. The van der Waals surface area contributed by atoms with Crippen molar-refractivity contribution >= 4 is 5.91 Å². The van der Waals surface area contributed by atoms with Crippen LogP contribution in [0.1, 0.15) is 15.9 Å². The fraction of sp³-hybridized carbons (Fsp3) is 0.318. The van der Waals surface area contributed by atoms with Crippen molar-refractivity contribution in [2.45, 2.75) is 18.7 Å². The molecule has 1 aromatic carbocycles. The highest BCUT2D eigenvalue weighted by atomic mass is 19.1. The Bertz CT molecular complexity index is 1110. The molecule has 154 valence electrons. The zero-order valence-electron chi connectivity index (χ0n) is 16.8. The second kappa shape index (κ2) is 7.21. The van der Waals surface area contributed by atoms with Gasteiger partial charge in [0.15, 0.2) is 0 Å². The molecule has 0 spiro atoms. The van der Waals surface area contributed by atoms with Gasteiger partial charge in [0.05, 0.1) is 24.0 Å². The number of hydrogen-bond donors (Lipinski definition) is 0. The molecule has 7 nitrogen and oxygen atoms in total. The number of nitrogens with zero attached hydrogens (tertiary/aromatic N) is 5. The van der Waals surface area contributed by atoms with Crippen LogP contribution < -0.4 is 4.74 Å². The van der Waals surface area contributed by atoms with Crippen molar-refractivity contribution in [3.63, 3.8) is 0 Å². The Labute approximate surface area is 173 Å². The molecule has 0 saturated carbocycles. The number of amides is 1. The van der Waals surface area contributed by atoms with Crippen LogP contribution in [-0.2, 0) is 13.6 Å². The summed E-state index contributed by atoms with van der Waals surface area (Å²) in [7, 11) is 3.68. The number of likely N-dealkylation sites (tertiary alicyclic amines) is 1. The molecule has 2 atom stereocenters. The number of benzene rings is 1. The lowest BCUT2D eigenvalue weighted by Crippen LogP contribution is -2.44. The SMILES string of the molecule is CN1C(=O)c2ccc(-c3cnn(C)c3)cc2OC2CN(Cc3ccncc3F)CC21. The number of carbonyl (C=O) groups excluding carboxylic acids is 1. The van der Waals surface area contributed by atoms with E-state index in [1.54, 1.807) is 28.0 Å². The lowest BCUT2D eigenvalue weighted by atomic mass is 10.1. The summed E-state index contributed by atoms with van der Waals surface area (Å²) in [6.45, 7) is 1.69. The third-order valence-electron chi connectivity index (χ3n) is 5.91. The molecule has 2 unspecified atom stereocenters. The van der Waals surface area contributed by atoms with Crippen LogP contribution in [0.15, 0.2) is 49.1 Å². The number of carbonyl (C=O) groups is 1. The zero-order valence-corrected chi connectivity index (χ0v) is 16.8. The number of likely N-dealkylation sites (N-methyl/N-ethyl adjacent to an activating group) is 1. The van der Waals surface area contributed by atoms with E-state index in [0.717, 1.165) is 11.1 Å². The molecular weight excluding hydrogens is 385 g/mol. The first-order chi connectivity index (χ1) is 14.5. The summed E-state index contributed by atoms with van der Waals surface area (Å²) in [6.07, 6.45) is 6.35. The smallest absolute Gasteiger partial charge is 0.257 e. The van der Waals surface area contributed by atoms with Crippen LogP contribution in [0.2, 0.25) is 0 Å². The fourth-order valence-corrected chi connectivity index (χ4v) is 4.27. The quantitative estimate of drug-likeness (QED) is 0.667.